The van der Waals surface area contributed by atoms with Crippen LogP contribution < -0.4 is 5.32 Å². The molecule has 2 saturated heterocycles. The Morgan fingerprint density at radius 3 is 2.29 bits per heavy atom. The lowest BCUT2D eigenvalue weighted by molar-refractivity contribution is -0.136. The van der Waals surface area contributed by atoms with Gasteiger partial charge in [-0.2, -0.15) is 0 Å². The van der Waals surface area contributed by atoms with E-state index in [0.29, 0.717) is 18.9 Å². The first kappa shape index (κ1) is 36.1. The average Bonchev–Trinajstić information content (AvgIpc) is 3.97. The molecule has 0 spiro atoms. The van der Waals surface area contributed by atoms with Crippen LogP contribution in [0.3, 0.4) is 0 Å². The minimum absolute atomic E-state index is 0.0179. The Morgan fingerprint density at radius 1 is 0.885 bits per heavy atom. The first-order chi connectivity index (χ1) is 24.9. The number of aliphatic imine (C=N–C) groups is 2. The SMILES string of the molecule is COC(=O)N[C@H](C(=O)N1CCC[C@H]1C1=Nc2ccc3cc(-c4sc(C5=CN=C([C@@H]6CCCN6C(=O)C(C)C(C)C)C5)cc4C)ccc3c2C1)C(C)C. The molecule has 4 aliphatic rings. The summed E-state index contributed by atoms with van der Waals surface area (Å²) in [6.07, 6.45) is 6.71. The number of thiophene rings is 1. The Hall–Kier alpha value is -4.31. The molecule has 1 unspecified atom stereocenters. The molecule has 7 rings (SSSR count). The van der Waals surface area contributed by atoms with Crippen LogP contribution in [-0.4, -0.2) is 77.5 Å². The molecule has 2 aromatic carbocycles. The molecule has 1 N–H and O–H groups in total. The number of allylic oxidation sites excluding steroid dienone is 1. The van der Waals surface area contributed by atoms with E-state index >= 15 is 0 Å². The van der Waals surface area contributed by atoms with E-state index in [4.69, 9.17) is 14.7 Å². The van der Waals surface area contributed by atoms with Crippen LogP contribution in [-0.2, 0) is 20.7 Å². The van der Waals surface area contributed by atoms with Gasteiger partial charge in [0.25, 0.3) is 0 Å². The second kappa shape index (κ2) is 14.6. The van der Waals surface area contributed by atoms with Gasteiger partial charge in [-0.25, -0.2) is 4.79 Å². The van der Waals surface area contributed by atoms with E-state index in [1.807, 2.05) is 36.3 Å². The van der Waals surface area contributed by atoms with Crippen LogP contribution in [0.5, 0.6) is 0 Å². The molecular formula is C42H51N5O4S. The first-order valence-corrected chi connectivity index (χ1v) is 19.7. The Labute approximate surface area is 311 Å². The van der Waals surface area contributed by atoms with Crippen LogP contribution in [0, 0.1) is 24.7 Å². The number of fused-ring (bicyclic) bond motifs is 3. The third-order valence-corrected chi connectivity index (χ3v) is 13.0. The standard InChI is InChI=1S/C42H51N5O4S/c1-23(2)26(6)40(48)46-16-8-10-35(46)33-20-29(22-43-33)37-18-25(5)39(52-37)28-12-14-30-27(19-28)13-15-32-31(30)21-34(44-32)36-11-9-17-47(36)41(49)38(24(3)4)45-42(50)51-7/h12-15,18-19,22-24,26,35-36,38H,8-11,16-17,20-21H2,1-7H3,(H,45,50)/t26?,35-,36-,38-/m0/s1. The quantitative estimate of drug-likeness (QED) is 0.240. The summed E-state index contributed by atoms with van der Waals surface area (Å²) in [6, 6.07) is 12.7. The number of nitrogens with zero attached hydrogens (tertiary/aromatic N) is 4. The van der Waals surface area contributed by atoms with Gasteiger partial charge in [-0.15, -0.1) is 11.3 Å². The highest BCUT2D eigenvalue weighted by molar-refractivity contribution is 7.16. The highest BCUT2D eigenvalue weighted by Gasteiger charge is 2.39. The fourth-order valence-electron chi connectivity index (χ4n) is 8.29. The maximum Gasteiger partial charge on any atom is 0.407 e. The van der Waals surface area contributed by atoms with Crippen LogP contribution in [0.15, 0.2) is 52.6 Å². The largest absolute Gasteiger partial charge is 0.453 e. The highest BCUT2D eigenvalue weighted by atomic mass is 32.1. The topological polar surface area (TPSA) is 104 Å². The molecule has 52 heavy (non-hydrogen) atoms. The number of aryl methyl sites for hydroxylation is 1. The van der Waals surface area contributed by atoms with Crippen molar-refractivity contribution in [3.63, 3.8) is 0 Å². The molecule has 0 bridgehead atoms. The first-order valence-electron chi connectivity index (χ1n) is 18.9. The number of alkyl carbamates (subject to hydrolysis) is 1. The molecule has 3 amide bonds. The number of amides is 3. The smallest absolute Gasteiger partial charge is 0.407 e. The van der Waals surface area contributed by atoms with Crippen LogP contribution in [0.1, 0.15) is 82.7 Å². The number of likely N-dealkylation sites (tertiary alicyclic amines) is 2. The van der Waals surface area contributed by atoms with Crippen molar-refractivity contribution in [2.24, 2.45) is 27.7 Å². The Kier molecular flexibility index (Phi) is 10.1. The van der Waals surface area contributed by atoms with Crippen molar-refractivity contribution in [2.75, 3.05) is 20.2 Å². The summed E-state index contributed by atoms with van der Waals surface area (Å²) in [4.78, 5) is 55.5. The molecule has 0 radical (unpaired) electrons. The predicted molar refractivity (Wildman–Crippen MR) is 210 cm³/mol. The lowest BCUT2D eigenvalue weighted by Gasteiger charge is -2.30. The van der Waals surface area contributed by atoms with Crippen LogP contribution in [0.4, 0.5) is 10.5 Å². The average molecular weight is 722 g/mol. The minimum atomic E-state index is -0.649. The van der Waals surface area contributed by atoms with E-state index in [1.54, 1.807) is 0 Å². The van der Waals surface area contributed by atoms with Crippen molar-refractivity contribution >= 4 is 62.7 Å². The summed E-state index contributed by atoms with van der Waals surface area (Å²) >= 11 is 1.82. The number of carbonyl (C=O) groups is 3. The Balaban J connectivity index is 1.05. The summed E-state index contributed by atoms with van der Waals surface area (Å²) < 4.78 is 4.80. The van der Waals surface area contributed by atoms with Crippen molar-refractivity contribution in [2.45, 2.75) is 98.2 Å². The molecule has 3 aromatic rings. The second-order valence-corrected chi connectivity index (χ2v) is 16.7. The van der Waals surface area contributed by atoms with Crippen LogP contribution in [0.2, 0.25) is 0 Å². The normalized spacial score (nSPS) is 21.1. The lowest BCUT2D eigenvalue weighted by atomic mass is 9.95. The second-order valence-electron chi connectivity index (χ2n) is 15.6. The highest BCUT2D eigenvalue weighted by Crippen LogP contribution is 2.42. The van der Waals surface area contributed by atoms with Gasteiger partial charge in [0.05, 0.1) is 24.9 Å². The van der Waals surface area contributed by atoms with Gasteiger partial charge in [-0.05, 0) is 95.7 Å². The van der Waals surface area contributed by atoms with E-state index in [0.717, 1.165) is 55.8 Å². The van der Waals surface area contributed by atoms with Gasteiger partial charge in [-0.3, -0.25) is 19.6 Å². The van der Waals surface area contributed by atoms with Gasteiger partial charge in [-0.1, -0.05) is 52.8 Å². The molecule has 4 atom stereocenters. The lowest BCUT2D eigenvalue weighted by Crippen LogP contribution is -2.53. The maximum absolute atomic E-state index is 13.7. The zero-order valence-corrected chi connectivity index (χ0v) is 32.3. The zero-order chi connectivity index (χ0) is 36.8. The van der Waals surface area contributed by atoms with Gasteiger partial charge in [0.1, 0.15) is 6.04 Å². The molecule has 9 nitrogen and oxygen atoms in total. The van der Waals surface area contributed by atoms with Gasteiger partial charge >= 0.3 is 6.09 Å². The van der Waals surface area contributed by atoms with E-state index in [9.17, 15) is 14.4 Å². The van der Waals surface area contributed by atoms with E-state index in [2.05, 4.69) is 74.3 Å². The molecule has 0 saturated carbocycles. The summed E-state index contributed by atoms with van der Waals surface area (Å²) in [7, 11) is 1.32. The van der Waals surface area contributed by atoms with Crippen molar-refractivity contribution in [3.05, 3.63) is 58.6 Å². The number of rotatable bonds is 9. The number of hydrogen-bond acceptors (Lipinski definition) is 7. The number of carbonyl (C=O) groups excluding carboxylic acids is 3. The number of methoxy groups -OCH3 is 1. The molecule has 1 aromatic heterocycles. The third kappa shape index (κ3) is 6.70. The fourth-order valence-corrected chi connectivity index (χ4v) is 9.47. The van der Waals surface area contributed by atoms with Gasteiger partial charge in [0.2, 0.25) is 11.8 Å². The Bertz CT molecular complexity index is 2010. The monoisotopic (exact) mass is 721 g/mol. The molecule has 5 heterocycles. The number of benzene rings is 2. The zero-order valence-electron chi connectivity index (χ0n) is 31.5. The molecule has 274 valence electrons. The molecular weight excluding hydrogens is 671 g/mol. The van der Waals surface area contributed by atoms with Crippen LogP contribution in [0.25, 0.3) is 26.8 Å². The Morgan fingerprint density at radius 2 is 1.60 bits per heavy atom. The summed E-state index contributed by atoms with van der Waals surface area (Å²) in [5.74, 6) is 0.446. The predicted octanol–water partition coefficient (Wildman–Crippen LogP) is 8.35. The number of nitrogens with one attached hydrogen (secondary N) is 1. The summed E-state index contributed by atoms with van der Waals surface area (Å²) in [5, 5.41) is 5.12. The minimum Gasteiger partial charge on any atom is -0.453 e. The molecule has 4 aliphatic heterocycles. The van der Waals surface area contributed by atoms with Gasteiger partial charge in [0, 0.05) is 59.2 Å². The van der Waals surface area contributed by atoms with Crippen molar-refractivity contribution in [1.82, 2.24) is 15.1 Å². The van der Waals surface area contributed by atoms with Crippen molar-refractivity contribution < 1.29 is 19.1 Å². The summed E-state index contributed by atoms with van der Waals surface area (Å²) in [5.41, 5.74) is 7.99. The molecule has 2 fully saturated rings. The van der Waals surface area contributed by atoms with Crippen molar-refractivity contribution in [1.29, 1.82) is 0 Å². The number of ether oxygens (including phenoxy) is 1. The van der Waals surface area contributed by atoms with E-state index in [-0.39, 0.29) is 35.7 Å². The van der Waals surface area contributed by atoms with Crippen molar-refractivity contribution in [3.8, 4) is 10.4 Å². The van der Waals surface area contributed by atoms with Gasteiger partial charge < -0.3 is 19.9 Å². The third-order valence-electron chi connectivity index (χ3n) is 11.6. The fraction of sp³-hybridized carbons (Fsp3) is 0.500. The number of hydrogen-bond donors (Lipinski definition) is 1. The maximum atomic E-state index is 13.7. The summed E-state index contributed by atoms with van der Waals surface area (Å²) in [6.45, 7) is 13.8. The van der Waals surface area contributed by atoms with E-state index in [1.165, 1.54) is 49.9 Å². The molecule has 10 heteroatoms. The van der Waals surface area contributed by atoms with E-state index < -0.39 is 12.1 Å². The van der Waals surface area contributed by atoms with Crippen LogP contribution >= 0.6 is 11.3 Å². The van der Waals surface area contributed by atoms with Gasteiger partial charge in [0.15, 0.2) is 0 Å². The molecule has 0 aliphatic carbocycles.